The lowest BCUT2D eigenvalue weighted by atomic mass is 10.2. The molecule has 1 heterocycles. The van der Waals surface area contributed by atoms with Gasteiger partial charge in [0, 0.05) is 16.7 Å². The van der Waals surface area contributed by atoms with Crippen LogP contribution in [0.25, 0.3) is 0 Å². The zero-order valence-corrected chi connectivity index (χ0v) is 12.1. The molecule has 0 saturated heterocycles. The standard InChI is InChI=1S/C12H17BrN2O2/c1-8(2)15(7-12(16)17-4)11-5-9(3)10(13)6-14-11/h5-6,8H,7H2,1-4H3. The summed E-state index contributed by atoms with van der Waals surface area (Å²) < 4.78 is 5.65. The van der Waals surface area contributed by atoms with Crippen LogP contribution in [0, 0.1) is 6.92 Å². The summed E-state index contributed by atoms with van der Waals surface area (Å²) in [5.41, 5.74) is 1.09. The molecule has 0 radical (unpaired) electrons. The van der Waals surface area contributed by atoms with Crippen LogP contribution >= 0.6 is 15.9 Å². The van der Waals surface area contributed by atoms with Crippen molar-refractivity contribution in [2.75, 3.05) is 18.6 Å². The fourth-order valence-corrected chi connectivity index (χ4v) is 1.63. The molecule has 0 atom stereocenters. The molecule has 0 saturated carbocycles. The van der Waals surface area contributed by atoms with Gasteiger partial charge in [-0.2, -0.15) is 0 Å². The van der Waals surface area contributed by atoms with Crippen LogP contribution in [0.2, 0.25) is 0 Å². The molecule has 1 rings (SSSR count). The number of hydrogen-bond donors (Lipinski definition) is 0. The maximum absolute atomic E-state index is 11.4. The molecule has 0 N–H and O–H groups in total. The maximum atomic E-state index is 11.4. The van der Waals surface area contributed by atoms with Crippen LogP contribution in [0.15, 0.2) is 16.7 Å². The minimum Gasteiger partial charge on any atom is -0.468 e. The average molecular weight is 301 g/mol. The molecular formula is C12H17BrN2O2. The number of methoxy groups -OCH3 is 1. The zero-order chi connectivity index (χ0) is 13.0. The number of ether oxygens (including phenoxy) is 1. The summed E-state index contributed by atoms with van der Waals surface area (Å²) >= 11 is 3.41. The van der Waals surface area contributed by atoms with Crippen LogP contribution in [0.4, 0.5) is 5.82 Å². The summed E-state index contributed by atoms with van der Waals surface area (Å²) in [6.07, 6.45) is 1.75. The van der Waals surface area contributed by atoms with Gasteiger partial charge in [-0.05, 0) is 48.3 Å². The maximum Gasteiger partial charge on any atom is 0.325 e. The Hall–Kier alpha value is -1.10. The number of aromatic nitrogens is 1. The van der Waals surface area contributed by atoms with Crippen molar-refractivity contribution in [3.8, 4) is 0 Å². The summed E-state index contributed by atoms with van der Waals surface area (Å²) in [5.74, 6) is 0.521. The predicted octanol–water partition coefficient (Wildman–Crippen LogP) is 2.54. The number of nitrogens with zero attached hydrogens (tertiary/aromatic N) is 2. The Morgan fingerprint density at radius 3 is 2.71 bits per heavy atom. The Balaban J connectivity index is 2.97. The van der Waals surface area contributed by atoms with Gasteiger partial charge in [-0.15, -0.1) is 0 Å². The van der Waals surface area contributed by atoms with E-state index in [1.165, 1.54) is 7.11 Å². The number of carbonyl (C=O) groups is 1. The molecule has 0 spiro atoms. The van der Waals surface area contributed by atoms with Crippen LogP contribution < -0.4 is 4.90 Å². The number of hydrogen-bond acceptors (Lipinski definition) is 4. The van der Waals surface area contributed by atoms with Gasteiger partial charge >= 0.3 is 5.97 Å². The number of halogens is 1. The second-order valence-corrected chi connectivity index (χ2v) is 4.94. The summed E-state index contributed by atoms with van der Waals surface area (Å²) in [6.45, 7) is 6.23. The average Bonchev–Trinajstić information content (AvgIpc) is 2.29. The molecular weight excluding hydrogens is 284 g/mol. The SMILES string of the molecule is COC(=O)CN(c1cc(C)c(Br)cn1)C(C)C. The van der Waals surface area contributed by atoms with Crippen molar-refractivity contribution < 1.29 is 9.53 Å². The number of carbonyl (C=O) groups excluding carboxylic acids is 1. The van der Waals surface area contributed by atoms with Crippen LogP contribution in [0.1, 0.15) is 19.4 Å². The lowest BCUT2D eigenvalue weighted by molar-refractivity contribution is -0.139. The Labute approximate surface area is 110 Å². The molecule has 0 aliphatic rings. The van der Waals surface area contributed by atoms with Crippen molar-refractivity contribution in [1.29, 1.82) is 0 Å². The summed E-state index contributed by atoms with van der Waals surface area (Å²) in [7, 11) is 1.39. The van der Waals surface area contributed by atoms with Gasteiger partial charge in [-0.3, -0.25) is 4.79 Å². The van der Waals surface area contributed by atoms with E-state index in [2.05, 4.69) is 25.7 Å². The summed E-state index contributed by atoms with van der Waals surface area (Å²) in [6, 6.07) is 2.13. The van der Waals surface area contributed by atoms with E-state index in [-0.39, 0.29) is 18.6 Å². The Kier molecular flexibility index (Phi) is 4.93. The van der Waals surface area contributed by atoms with Crippen LogP contribution in [-0.4, -0.2) is 30.6 Å². The first-order valence-corrected chi connectivity index (χ1v) is 6.20. The fourth-order valence-electron chi connectivity index (χ4n) is 1.41. The van der Waals surface area contributed by atoms with E-state index in [9.17, 15) is 4.79 Å². The van der Waals surface area contributed by atoms with E-state index in [0.29, 0.717) is 0 Å². The number of esters is 1. The Morgan fingerprint density at radius 1 is 1.59 bits per heavy atom. The zero-order valence-electron chi connectivity index (χ0n) is 10.5. The number of aryl methyl sites for hydroxylation is 1. The molecule has 0 aliphatic carbocycles. The van der Waals surface area contributed by atoms with Crippen molar-refractivity contribution in [2.24, 2.45) is 0 Å². The molecule has 5 heteroatoms. The highest BCUT2D eigenvalue weighted by molar-refractivity contribution is 9.10. The lowest BCUT2D eigenvalue weighted by Gasteiger charge is -2.26. The molecule has 0 fully saturated rings. The Morgan fingerprint density at radius 2 is 2.24 bits per heavy atom. The molecule has 0 unspecified atom stereocenters. The molecule has 17 heavy (non-hydrogen) atoms. The first-order chi connectivity index (χ1) is 7.95. The predicted molar refractivity (Wildman–Crippen MR) is 71.2 cm³/mol. The lowest BCUT2D eigenvalue weighted by Crippen LogP contribution is -2.36. The minimum atomic E-state index is -0.263. The van der Waals surface area contributed by atoms with Gasteiger partial charge in [0.05, 0.1) is 7.11 Å². The summed E-state index contributed by atoms with van der Waals surface area (Å²) in [5, 5.41) is 0. The van der Waals surface area contributed by atoms with E-state index >= 15 is 0 Å². The molecule has 0 bridgehead atoms. The molecule has 0 aromatic carbocycles. The molecule has 1 aromatic rings. The number of anilines is 1. The van der Waals surface area contributed by atoms with Gasteiger partial charge in [0.15, 0.2) is 0 Å². The minimum absolute atomic E-state index is 0.183. The van der Waals surface area contributed by atoms with Crippen LogP contribution in [0.5, 0.6) is 0 Å². The topological polar surface area (TPSA) is 42.4 Å². The molecule has 0 amide bonds. The normalized spacial score (nSPS) is 10.5. The van der Waals surface area contributed by atoms with E-state index < -0.39 is 0 Å². The van der Waals surface area contributed by atoms with E-state index in [4.69, 9.17) is 0 Å². The van der Waals surface area contributed by atoms with Gasteiger partial charge < -0.3 is 9.64 Å². The van der Waals surface area contributed by atoms with Crippen molar-refractivity contribution in [3.05, 3.63) is 22.3 Å². The van der Waals surface area contributed by atoms with Crippen LogP contribution in [0.3, 0.4) is 0 Å². The quantitative estimate of drug-likeness (QED) is 0.802. The van der Waals surface area contributed by atoms with Gasteiger partial charge in [0.1, 0.15) is 12.4 Å². The van der Waals surface area contributed by atoms with E-state index in [1.54, 1.807) is 6.20 Å². The fraction of sp³-hybridized carbons (Fsp3) is 0.500. The largest absolute Gasteiger partial charge is 0.468 e. The molecule has 1 aromatic heterocycles. The monoisotopic (exact) mass is 300 g/mol. The molecule has 4 nitrogen and oxygen atoms in total. The highest BCUT2D eigenvalue weighted by Gasteiger charge is 2.16. The number of pyridine rings is 1. The Bertz CT molecular complexity index is 407. The van der Waals surface area contributed by atoms with Crippen LogP contribution in [-0.2, 0) is 9.53 Å². The summed E-state index contributed by atoms with van der Waals surface area (Å²) in [4.78, 5) is 17.6. The molecule has 0 aliphatic heterocycles. The van der Waals surface area contributed by atoms with Gasteiger partial charge in [0.25, 0.3) is 0 Å². The first kappa shape index (κ1) is 14.0. The smallest absolute Gasteiger partial charge is 0.325 e. The second kappa shape index (κ2) is 6.00. The van der Waals surface area contributed by atoms with Gasteiger partial charge in [-0.25, -0.2) is 4.98 Å². The van der Waals surface area contributed by atoms with Crippen molar-refractivity contribution in [3.63, 3.8) is 0 Å². The van der Waals surface area contributed by atoms with Crippen molar-refractivity contribution in [2.45, 2.75) is 26.8 Å². The molecule has 94 valence electrons. The third-order valence-electron chi connectivity index (χ3n) is 2.48. The first-order valence-electron chi connectivity index (χ1n) is 5.41. The highest BCUT2D eigenvalue weighted by Crippen LogP contribution is 2.21. The second-order valence-electron chi connectivity index (χ2n) is 4.09. The van der Waals surface area contributed by atoms with E-state index in [1.807, 2.05) is 31.7 Å². The van der Waals surface area contributed by atoms with Gasteiger partial charge in [0.2, 0.25) is 0 Å². The number of rotatable bonds is 4. The van der Waals surface area contributed by atoms with Crippen molar-refractivity contribution >= 4 is 27.7 Å². The van der Waals surface area contributed by atoms with Crippen molar-refractivity contribution in [1.82, 2.24) is 4.98 Å². The third kappa shape index (κ3) is 3.70. The third-order valence-corrected chi connectivity index (χ3v) is 3.31. The van der Waals surface area contributed by atoms with Gasteiger partial charge in [-0.1, -0.05) is 0 Å². The van der Waals surface area contributed by atoms with E-state index in [0.717, 1.165) is 15.9 Å². The highest BCUT2D eigenvalue weighted by atomic mass is 79.9.